The zero-order chi connectivity index (χ0) is 10.8. The average molecular weight is 201 g/mol. The molecule has 1 aromatic heterocycles. The van der Waals surface area contributed by atoms with Crippen LogP contribution >= 0.6 is 0 Å². The van der Waals surface area contributed by atoms with E-state index in [9.17, 15) is 4.39 Å². The molecule has 1 nitrogen and oxygen atoms in total. The third kappa shape index (κ3) is 1.89. The van der Waals surface area contributed by atoms with Gasteiger partial charge >= 0.3 is 0 Å². The molecule has 0 bridgehead atoms. The lowest BCUT2D eigenvalue weighted by molar-refractivity contribution is 0.613. The van der Waals surface area contributed by atoms with Crippen LogP contribution < -0.4 is 0 Å². The predicted molar refractivity (Wildman–Crippen MR) is 59.1 cm³/mol. The Hall–Kier alpha value is -1.70. The molecule has 0 atom stereocenters. The molecule has 2 heteroatoms. The minimum atomic E-state index is -0.256. The topological polar surface area (TPSA) is 12.9 Å². The van der Waals surface area contributed by atoms with E-state index >= 15 is 0 Å². The molecule has 0 N–H and O–H groups in total. The summed E-state index contributed by atoms with van der Waals surface area (Å²) in [6.07, 6.45) is 2.95. The first-order valence-electron chi connectivity index (χ1n) is 4.85. The normalized spacial score (nSPS) is 10.3. The summed E-state index contributed by atoms with van der Waals surface area (Å²) in [5.74, 6) is -0.256. The van der Waals surface area contributed by atoms with Crippen LogP contribution in [0.15, 0.2) is 36.7 Å². The lowest BCUT2D eigenvalue weighted by Gasteiger charge is -2.06. The van der Waals surface area contributed by atoms with Gasteiger partial charge in [-0.3, -0.25) is 4.98 Å². The Kier molecular flexibility index (Phi) is 2.50. The van der Waals surface area contributed by atoms with Crippen LogP contribution in [0.25, 0.3) is 11.1 Å². The van der Waals surface area contributed by atoms with E-state index in [-0.39, 0.29) is 5.82 Å². The summed E-state index contributed by atoms with van der Waals surface area (Å²) < 4.78 is 13.3. The Morgan fingerprint density at radius 3 is 2.67 bits per heavy atom. The van der Waals surface area contributed by atoms with E-state index in [2.05, 4.69) is 4.98 Å². The molecular formula is C13H12FN. The first-order valence-corrected chi connectivity index (χ1v) is 4.85. The van der Waals surface area contributed by atoms with Crippen LogP contribution in [0.5, 0.6) is 0 Å². The molecule has 0 amide bonds. The Bertz CT molecular complexity index is 492. The first-order chi connectivity index (χ1) is 7.18. The zero-order valence-corrected chi connectivity index (χ0v) is 8.79. The van der Waals surface area contributed by atoms with Crippen LogP contribution in [-0.2, 0) is 0 Å². The Morgan fingerprint density at radius 1 is 1.13 bits per heavy atom. The number of halogens is 1. The van der Waals surface area contributed by atoms with Gasteiger partial charge in [0.1, 0.15) is 5.82 Å². The summed E-state index contributed by atoms with van der Waals surface area (Å²) in [5, 5.41) is 0. The molecule has 2 aromatic rings. The van der Waals surface area contributed by atoms with Crippen molar-refractivity contribution in [1.29, 1.82) is 0 Å². The molecule has 0 saturated carbocycles. The Balaban J connectivity index is 2.59. The van der Waals surface area contributed by atoms with Gasteiger partial charge < -0.3 is 0 Å². The van der Waals surface area contributed by atoms with Gasteiger partial charge in [0.25, 0.3) is 0 Å². The van der Waals surface area contributed by atoms with E-state index in [0.717, 1.165) is 16.7 Å². The quantitative estimate of drug-likeness (QED) is 0.688. The van der Waals surface area contributed by atoms with Crippen molar-refractivity contribution in [1.82, 2.24) is 4.98 Å². The van der Waals surface area contributed by atoms with Gasteiger partial charge in [0.2, 0.25) is 0 Å². The van der Waals surface area contributed by atoms with Crippen molar-refractivity contribution < 1.29 is 4.39 Å². The molecule has 0 spiro atoms. The molecule has 0 aliphatic rings. The van der Waals surface area contributed by atoms with Gasteiger partial charge in [-0.2, -0.15) is 0 Å². The standard InChI is InChI=1S/C13H12FN/c1-9-4-3-5-11(6-9)12-7-15-8-13(14)10(12)2/h3-8H,1-2H3. The van der Waals surface area contributed by atoms with E-state index < -0.39 is 0 Å². The number of rotatable bonds is 1. The highest BCUT2D eigenvalue weighted by molar-refractivity contribution is 5.66. The van der Waals surface area contributed by atoms with Crippen LogP contribution in [0.2, 0.25) is 0 Å². The van der Waals surface area contributed by atoms with Crippen LogP contribution in [0.4, 0.5) is 4.39 Å². The van der Waals surface area contributed by atoms with Crippen LogP contribution in [-0.4, -0.2) is 4.98 Å². The van der Waals surface area contributed by atoms with E-state index in [4.69, 9.17) is 0 Å². The van der Waals surface area contributed by atoms with E-state index in [0.29, 0.717) is 5.56 Å². The molecule has 15 heavy (non-hydrogen) atoms. The van der Waals surface area contributed by atoms with Crippen molar-refractivity contribution in [3.8, 4) is 11.1 Å². The lowest BCUT2D eigenvalue weighted by Crippen LogP contribution is -1.90. The second-order valence-electron chi connectivity index (χ2n) is 3.66. The zero-order valence-electron chi connectivity index (χ0n) is 8.79. The predicted octanol–water partition coefficient (Wildman–Crippen LogP) is 3.50. The smallest absolute Gasteiger partial charge is 0.145 e. The SMILES string of the molecule is Cc1cccc(-c2cncc(F)c2C)c1. The summed E-state index contributed by atoms with van der Waals surface area (Å²) in [7, 11) is 0. The summed E-state index contributed by atoms with van der Waals surface area (Å²) in [6.45, 7) is 3.79. The maximum atomic E-state index is 13.3. The number of hydrogen-bond donors (Lipinski definition) is 0. The number of hydrogen-bond acceptors (Lipinski definition) is 1. The van der Waals surface area contributed by atoms with Gasteiger partial charge in [-0.05, 0) is 25.0 Å². The van der Waals surface area contributed by atoms with Crippen LogP contribution in [0.1, 0.15) is 11.1 Å². The maximum absolute atomic E-state index is 13.3. The fourth-order valence-corrected chi connectivity index (χ4v) is 1.60. The van der Waals surface area contributed by atoms with Crippen molar-refractivity contribution in [3.05, 3.63) is 53.6 Å². The van der Waals surface area contributed by atoms with Crippen LogP contribution in [0.3, 0.4) is 0 Å². The van der Waals surface area contributed by atoms with Crippen molar-refractivity contribution in [2.24, 2.45) is 0 Å². The minimum Gasteiger partial charge on any atom is -0.261 e. The number of nitrogens with zero attached hydrogens (tertiary/aromatic N) is 1. The molecule has 76 valence electrons. The molecule has 1 aromatic carbocycles. The highest BCUT2D eigenvalue weighted by Crippen LogP contribution is 2.24. The fraction of sp³-hybridized carbons (Fsp3) is 0.154. The Labute approximate surface area is 88.6 Å². The summed E-state index contributed by atoms with van der Waals surface area (Å²) in [5.41, 5.74) is 3.69. The minimum absolute atomic E-state index is 0.256. The van der Waals surface area contributed by atoms with Gasteiger partial charge in [0.05, 0.1) is 6.20 Å². The highest BCUT2D eigenvalue weighted by Gasteiger charge is 2.06. The van der Waals surface area contributed by atoms with E-state index in [1.807, 2.05) is 31.2 Å². The van der Waals surface area contributed by atoms with Crippen molar-refractivity contribution in [3.63, 3.8) is 0 Å². The maximum Gasteiger partial charge on any atom is 0.145 e. The lowest BCUT2D eigenvalue weighted by atomic mass is 10.0. The summed E-state index contributed by atoms with van der Waals surface area (Å²) in [6, 6.07) is 7.99. The molecule has 1 heterocycles. The monoisotopic (exact) mass is 201 g/mol. The number of pyridine rings is 1. The summed E-state index contributed by atoms with van der Waals surface area (Å²) >= 11 is 0. The van der Waals surface area contributed by atoms with Gasteiger partial charge in [0, 0.05) is 11.8 Å². The third-order valence-electron chi connectivity index (χ3n) is 2.48. The largest absolute Gasteiger partial charge is 0.261 e. The number of aromatic nitrogens is 1. The second kappa shape index (κ2) is 3.81. The van der Waals surface area contributed by atoms with Gasteiger partial charge in [-0.25, -0.2) is 4.39 Å². The first kappa shape index (κ1) is 9.84. The molecule has 0 saturated heterocycles. The fourth-order valence-electron chi connectivity index (χ4n) is 1.60. The Morgan fingerprint density at radius 2 is 1.93 bits per heavy atom. The van der Waals surface area contributed by atoms with Gasteiger partial charge in [-0.1, -0.05) is 29.8 Å². The van der Waals surface area contributed by atoms with Crippen LogP contribution in [0, 0.1) is 19.7 Å². The molecule has 0 unspecified atom stereocenters. The van der Waals surface area contributed by atoms with Crippen molar-refractivity contribution in [2.45, 2.75) is 13.8 Å². The molecule has 0 aliphatic carbocycles. The van der Waals surface area contributed by atoms with Crippen molar-refractivity contribution >= 4 is 0 Å². The average Bonchev–Trinajstić information content (AvgIpc) is 2.22. The van der Waals surface area contributed by atoms with E-state index in [1.165, 1.54) is 6.20 Å². The number of aryl methyl sites for hydroxylation is 1. The molecule has 0 fully saturated rings. The van der Waals surface area contributed by atoms with Crippen molar-refractivity contribution in [2.75, 3.05) is 0 Å². The summed E-state index contributed by atoms with van der Waals surface area (Å²) in [4.78, 5) is 3.88. The molecule has 0 radical (unpaired) electrons. The molecule has 2 rings (SSSR count). The molecular weight excluding hydrogens is 189 g/mol. The van der Waals surface area contributed by atoms with Gasteiger partial charge in [-0.15, -0.1) is 0 Å². The van der Waals surface area contributed by atoms with Gasteiger partial charge in [0.15, 0.2) is 0 Å². The highest BCUT2D eigenvalue weighted by atomic mass is 19.1. The molecule has 0 aliphatic heterocycles. The third-order valence-corrected chi connectivity index (χ3v) is 2.48. The van der Waals surface area contributed by atoms with E-state index in [1.54, 1.807) is 13.1 Å². The number of benzene rings is 1. The second-order valence-corrected chi connectivity index (χ2v) is 3.66.